The second-order valence-electron chi connectivity index (χ2n) is 2.43. The first-order valence-electron chi connectivity index (χ1n) is 3.75. The minimum Gasteiger partial charge on any atom is -0.355 e. The fraction of sp³-hybridized carbons (Fsp3) is 0.125. The molecule has 0 aliphatic carbocycles. The Balaban J connectivity index is 3.28. The van der Waals surface area contributed by atoms with Gasteiger partial charge in [0.15, 0.2) is 0 Å². The summed E-state index contributed by atoms with van der Waals surface area (Å²) in [7, 11) is 1.41. The summed E-state index contributed by atoms with van der Waals surface area (Å²) in [5.41, 5.74) is 8.32. The molecule has 0 fully saturated rings. The molecule has 0 unspecified atom stereocenters. The first-order valence-corrected chi connectivity index (χ1v) is 3.75. The Morgan fingerprint density at radius 2 is 2.36 bits per heavy atom. The van der Waals surface area contributed by atoms with Gasteiger partial charge >= 0.3 is 0 Å². The van der Waals surface area contributed by atoms with E-state index in [4.69, 9.17) is 5.53 Å². The summed E-state index contributed by atoms with van der Waals surface area (Å²) in [5.74, 6) is -1.05. The van der Waals surface area contributed by atoms with E-state index in [-0.39, 0.29) is 11.3 Å². The average molecular weight is 194 g/mol. The molecule has 0 aliphatic rings. The Bertz CT molecular complexity index is 412. The normalized spacial score (nSPS) is 9.00. The number of carbonyl (C=O) groups is 1. The number of carbonyl (C=O) groups excluding carboxylic acids is 1. The lowest BCUT2D eigenvalue weighted by atomic mass is 10.1. The molecule has 0 atom stereocenters. The minimum atomic E-state index is -0.555. The van der Waals surface area contributed by atoms with Crippen LogP contribution in [0.2, 0.25) is 0 Å². The van der Waals surface area contributed by atoms with Crippen LogP contribution in [0, 0.1) is 5.82 Å². The Kier molecular flexibility index (Phi) is 3.04. The van der Waals surface area contributed by atoms with Crippen LogP contribution in [0.3, 0.4) is 0 Å². The van der Waals surface area contributed by atoms with Crippen molar-refractivity contribution in [3.63, 3.8) is 0 Å². The van der Waals surface area contributed by atoms with Crippen molar-refractivity contribution in [1.82, 2.24) is 5.32 Å². The number of hydrogen-bond donors (Lipinski definition) is 1. The lowest BCUT2D eigenvalue weighted by Gasteiger charge is -2.02. The number of nitrogens with one attached hydrogen (secondary N) is 1. The average Bonchev–Trinajstić information content (AvgIpc) is 2.20. The van der Waals surface area contributed by atoms with Crippen molar-refractivity contribution in [2.45, 2.75) is 0 Å². The van der Waals surface area contributed by atoms with Gasteiger partial charge in [-0.1, -0.05) is 5.11 Å². The molecule has 5 nitrogen and oxygen atoms in total. The standard InChI is InChI=1S/C8H7FN4O/c1-11-8(14)6-4-5(9)2-3-7(6)12-13-10/h2-4H,1H3,(H,11,14). The second kappa shape index (κ2) is 4.25. The highest BCUT2D eigenvalue weighted by Gasteiger charge is 2.09. The molecule has 0 saturated heterocycles. The van der Waals surface area contributed by atoms with Gasteiger partial charge in [0.05, 0.1) is 11.3 Å². The van der Waals surface area contributed by atoms with E-state index in [0.29, 0.717) is 0 Å². The van der Waals surface area contributed by atoms with E-state index >= 15 is 0 Å². The number of halogens is 1. The molecule has 1 rings (SSSR count). The van der Waals surface area contributed by atoms with E-state index in [0.717, 1.165) is 12.1 Å². The quantitative estimate of drug-likeness (QED) is 0.437. The first kappa shape index (κ1) is 10.0. The van der Waals surface area contributed by atoms with Crippen LogP contribution < -0.4 is 5.32 Å². The third kappa shape index (κ3) is 1.99. The van der Waals surface area contributed by atoms with Crippen LogP contribution in [0.1, 0.15) is 10.4 Å². The maximum Gasteiger partial charge on any atom is 0.251 e. The first-order chi connectivity index (χ1) is 6.69. The van der Waals surface area contributed by atoms with E-state index < -0.39 is 11.7 Å². The largest absolute Gasteiger partial charge is 0.355 e. The number of hydrogen-bond acceptors (Lipinski definition) is 2. The van der Waals surface area contributed by atoms with Crippen molar-refractivity contribution in [3.05, 3.63) is 40.0 Å². The third-order valence-electron chi connectivity index (χ3n) is 1.58. The lowest BCUT2D eigenvalue weighted by Crippen LogP contribution is -2.18. The molecule has 72 valence electrons. The van der Waals surface area contributed by atoms with Crippen molar-refractivity contribution in [1.29, 1.82) is 0 Å². The van der Waals surface area contributed by atoms with Crippen molar-refractivity contribution in [2.24, 2.45) is 5.11 Å². The highest BCUT2D eigenvalue weighted by molar-refractivity contribution is 5.98. The number of rotatable bonds is 2. The SMILES string of the molecule is CNC(=O)c1cc(F)ccc1N=[N+]=[N-]. The van der Waals surface area contributed by atoms with Gasteiger partial charge in [-0.25, -0.2) is 4.39 Å². The molecule has 0 spiro atoms. The summed E-state index contributed by atoms with van der Waals surface area (Å²) in [6.45, 7) is 0. The van der Waals surface area contributed by atoms with Crippen LogP contribution in [0.15, 0.2) is 23.3 Å². The van der Waals surface area contributed by atoms with Crippen LogP contribution in [0.4, 0.5) is 10.1 Å². The maximum absolute atomic E-state index is 12.8. The van der Waals surface area contributed by atoms with Gasteiger partial charge in [-0.15, -0.1) is 0 Å². The zero-order valence-corrected chi connectivity index (χ0v) is 7.36. The monoisotopic (exact) mass is 194 g/mol. The Hall–Kier alpha value is -2.07. The van der Waals surface area contributed by atoms with Gasteiger partial charge in [0.25, 0.3) is 5.91 Å². The predicted molar refractivity (Wildman–Crippen MR) is 48.6 cm³/mol. The molecular weight excluding hydrogens is 187 g/mol. The molecule has 0 saturated carbocycles. The molecule has 0 bridgehead atoms. The van der Waals surface area contributed by atoms with E-state index in [2.05, 4.69) is 15.3 Å². The van der Waals surface area contributed by atoms with Gasteiger partial charge in [0.1, 0.15) is 5.82 Å². The summed E-state index contributed by atoms with van der Waals surface area (Å²) >= 11 is 0. The summed E-state index contributed by atoms with van der Waals surface area (Å²) in [6, 6.07) is 3.39. The van der Waals surface area contributed by atoms with Gasteiger partial charge in [-0.2, -0.15) is 0 Å². The molecule has 1 amide bonds. The predicted octanol–water partition coefficient (Wildman–Crippen LogP) is 2.13. The fourth-order valence-corrected chi connectivity index (χ4v) is 0.960. The zero-order chi connectivity index (χ0) is 10.6. The molecule has 0 radical (unpaired) electrons. The van der Waals surface area contributed by atoms with Crippen molar-refractivity contribution in [2.75, 3.05) is 7.05 Å². The molecule has 1 aromatic carbocycles. The molecule has 1 aromatic rings. The van der Waals surface area contributed by atoms with Gasteiger partial charge < -0.3 is 5.32 Å². The summed E-state index contributed by atoms with van der Waals surface area (Å²) < 4.78 is 12.8. The smallest absolute Gasteiger partial charge is 0.251 e. The Morgan fingerprint density at radius 1 is 1.64 bits per heavy atom. The molecule has 14 heavy (non-hydrogen) atoms. The molecule has 0 aliphatic heterocycles. The summed E-state index contributed by atoms with van der Waals surface area (Å²) in [4.78, 5) is 13.7. The second-order valence-corrected chi connectivity index (χ2v) is 2.43. The van der Waals surface area contributed by atoms with Gasteiger partial charge in [0.2, 0.25) is 0 Å². The highest BCUT2D eigenvalue weighted by Crippen LogP contribution is 2.20. The van der Waals surface area contributed by atoms with Crippen LogP contribution in [-0.4, -0.2) is 13.0 Å². The van der Waals surface area contributed by atoms with Gasteiger partial charge in [-0.3, -0.25) is 4.79 Å². The molecule has 0 aromatic heterocycles. The molecule has 0 heterocycles. The van der Waals surface area contributed by atoms with E-state index in [1.54, 1.807) is 0 Å². The van der Waals surface area contributed by atoms with Crippen molar-refractivity contribution in [3.8, 4) is 0 Å². The number of amides is 1. The van der Waals surface area contributed by atoms with Gasteiger partial charge in [-0.05, 0) is 23.7 Å². The van der Waals surface area contributed by atoms with Gasteiger partial charge in [0, 0.05) is 12.0 Å². The summed E-state index contributed by atoms with van der Waals surface area (Å²) in [5, 5.41) is 5.59. The highest BCUT2D eigenvalue weighted by atomic mass is 19.1. The maximum atomic E-state index is 12.8. The van der Waals surface area contributed by atoms with Crippen LogP contribution in [-0.2, 0) is 0 Å². The van der Waals surface area contributed by atoms with Crippen LogP contribution >= 0.6 is 0 Å². The van der Waals surface area contributed by atoms with Crippen LogP contribution in [0.5, 0.6) is 0 Å². The molecule has 6 heteroatoms. The minimum absolute atomic E-state index is 0.0188. The van der Waals surface area contributed by atoms with E-state index in [1.165, 1.54) is 13.1 Å². The fourth-order valence-electron chi connectivity index (χ4n) is 0.960. The third-order valence-corrected chi connectivity index (χ3v) is 1.58. The number of nitrogens with zero attached hydrogens (tertiary/aromatic N) is 3. The number of benzene rings is 1. The molecule has 1 N–H and O–H groups in total. The van der Waals surface area contributed by atoms with E-state index in [9.17, 15) is 9.18 Å². The Labute approximate surface area is 79.2 Å². The topological polar surface area (TPSA) is 77.9 Å². The van der Waals surface area contributed by atoms with Crippen molar-refractivity contribution < 1.29 is 9.18 Å². The Morgan fingerprint density at radius 3 is 2.93 bits per heavy atom. The number of azide groups is 1. The van der Waals surface area contributed by atoms with Crippen LogP contribution in [0.25, 0.3) is 10.4 Å². The lowest BCUT2D eigenvalue weighted by molar-refractivity contribution is 0.0963. The zero-order valence-electron chi connectivity index (χ0n) is 7.36. The van der Waals surface area contributed by atoms with Crippen molar-refractivity contribution >= 4 is 11.6 Å². The van der Waals surface area contributed by atoms with E-state index in [1.807, 2.05) is 0 Å². The molecular formula is C8H7FN4O. The summed E-state index contributed by atoms with van der Waals surface area (Å²) in [6.07, 6.45) is 0.